The molecule has 0 aliphatic carbocycles. The number of fused-ring (bicyclic) bond motifs is 12. The van der Waals surface area contributed by atoms with E-state index in [4.69, 9.17) is 9.47 Å². The topological polar surface area (TPSA) is 28.2 Å². The Labute approximate surface area is 320 Å². The van der Waals surface area contributed by atoms with Gasteiger partial charge in [0.05, 0.1) is 28.4 Å². The fraction of sp³-hybridized carbons (Fsp3) is 0. The average molecular weight is 703 g/mol. The largest absolute Gasteiger partial charge is 0.458 e. The molecule has 0 fully saturated rings. The molecule has 8 aromatic rings. The molecule has 0 aromatic heterocycles. The summed E-state index contributed by atoms with van der Waals surface area (Å²) < 4.78 is 13.4. The summed E-state index contributed by atoms with van der Waals surface area (Å²) in [6, 6.07) is 67.1. The number of rotatable bonds is 3. The van der Waals surface area contributed by atoms with Crippen molar-refractivity contribution in [3.63, 3.8) is 0 Å². The molecule has 4 heterocycles. The zero-order valence-electron chi connectivity index (χ0n) is 29.7. The van der Waals surface area contributed by atoms with Crippen LogP contribution in [-0.2, 0) is 0 Å². The summed E-state index contributed by atoms with van der Waals surface area (Å²) in [5, 5.41) is 0. The normalized spacial score (nSPS) is 13.9. The fourth-order valence-corrected chi connectivity index (χ4v) is 9.21. The van der Waals surface area contributed by atoms with Gasteiger partial charge < -0.3 is 24.0 Å². The first-order valence-corrected chi connectivity index (χ1v) is 18.8. The van der Waals surface area contributed by atoms with Crippen LogP contribution >= 0.6 is 0 Å². The zero-order chi connectivity index (χ0) is 36.0. The zero-order valence-corrected chi connectivity index (χ0v) is 29.7. The van der Waals surface area contributed by atoms with E-state index in [1.54, 1.807) is 0 Å². The standard InChI is InChI=1S/C48H31B2N3O2/c1-2-14-32(15-3-1)49-38-28-26-33(51-43-22-10-12-24-45(43)54-46-25-13-11-23-44(46)51)30-47(38)55-48-31-34(27-29-39(48)49)52-41-20-8-9-21-42(41)53-40-19-7-5-17-36(40)35-16-4-6-18-37(35)50(52)53/h1-31H. The molecule has 8 aromatic carbocycles. The molecule has 12 rings (SSSR count). The maximum atomic E-state index is 7.09. The number of hydrogen-bond donors (Lipinski definition) is 0. The van der Waals surface area contributed by atoms with Crippen molar-refractivity contribution in [3.8, 4) is 34.1 Å². The van der Waals surface area contributed by atoms with Gasteiger partial charge in [0.15, 0.2) is 11.5 Å². The van der Waals surface area contributed by atoms with Crippen molar-refractivity contribution in [1.29, 1.82) is 0 Å². The summed E-state index contributed by atoms with van der Waals surface area (Å²) in [4.78, 5) is 7.26. The molecule has 4 aliphatic heterocycles. The molecule has 0 saturated carbocycles. The van der Waals surface area contributed by atoms with E-state index in [2.05, 4.69) is 178 Å². The smallest absolute Gasteiger partial charge is 0.421 e. The van der Waals surface area contributed by atoms with Crippen molar-refractivity contribution in [3.05, 3.63) is 188 Å². The summed E-state index contributed by atoms with van der Waals surface area (Å²) in [5.74, 6) is 3.35. The third-order valence-electron chi connectivity index (χ3n) is 11.5. The molecular formula is C48H31B2N3O2. The lowest BCUT2D eigenvalue weighted by Crippen LogP contribution is -2.56. The van der Waals surface area contributed by atoms with Crippen molar-refractivity contribution in [2.75, 3.05) is 14.5 Å². The predicted molar refractivity (Wildman–Crippen MR) is 227 cm³/mol. The molecule has 0 N–H and O–H groups in total. The SMILES string of the molecule is c1ccc(B2c3ccc(N4B5c6ccccc6-c6ccccc6N5c5ccccc54)cc3Oc3cc(N4c5ccccc5Oc5ccccc54)ccc32)cc1. The molecule has 0 atom stereocenters. The van der Waals surface area contributed by atoms with Gasteiger partial charge in [-0.3, -0.25) is 0 Å². The van der Waals surface area contributed by atoms with Crippen molar-refractivity contribution in [1.82, 2.24) is 0 Å². The van der Waals surface area contributed by atoms with E-state index in [0.29, 0.717) is 0 Å². The second-order valence-electron chi connectivity index (χ2n) is 14.5. The van der Waals surface area contributed by atoms with Gasteiger partial charge in [0, 0.05) is 29.1 Å². The fourth-order valence-electron chi connectivity index (χ4n) is 9.21. The van der Waals surface area contributed by atoms with Gasteiger partial charge >= 0.3 is 6.98 Å². The average Bonchev–Trinajstić information content (AvgIpc) is 3.60. The van der Waals surface area contributed by atoms with Gasteiger partial charge in [0.1, 0.15) is 11.5 Å². The minimum absolute atomic E-state index is 0.00282. The van der Waals surface area contributed by atoms with Gasteiger partial charge in [-0.1, -0.05) is 127 Å². The Morgan fingerprint density at radius 1 is 0.345 bits per heavy atom. The molecule has 0 amide bonds. The molecule has 0 radical (unpaired) electrons. The molecule has 4 aliphatic rings. The molecule has 0 unspecified atom stereocenters. The molecule has 7 heteroatoms. The minimum Gasteiger partial charge on any atom is -0.458 e. The lowest BCUT2D eigenvalue weighted by Gasteiger charge is -2.37. The number of nitrogens with zero attached hydrogens (tertiary/aromatic N) is 3. The van der Waals surface area contributed by atoms with Crippen LogP contribution in [0.4, 0.5) is 39.8 Å². The summed E-state index contributed by atoms with van der Waals surface area (Å²) in [7, 11) is 0. The number of ether oxygens (including phenoxy) is 2. The molecule has 5 nitrogen and oxygen atoms in total. The lowest BCUT2D eigenvalue weighted by molar-refractivity contribution is 0.476. The highest BCUT2D eigenvalue weighted by molar-refractivity contribution is 6.97. The van der Waals surface area contributed by atoms with Crippen LogP contribution in [0.3, 0.4) is 0 Å². The monoisotopic (exact) mass is 703 g/mol. The Hall–Kier alpha value is -7.11. The lowest BCUT2D eigenvalue weighted by atomic mass is 9.36. The van der Waals surface area contributed by atoms with E-state index < -0.39 is 0 Å². The van der Waals surface area contributed by atoms with Gasteiger partial charge in [-0.15, -0.1) is 0 Å². The van der Waals surface area contributed by atoms with E-state index in [1.165, 1.54) is 39.1 Å². The van der Waals surface area contributed by atoms with E-state index in [1.807, 2.05) is 24.3 Å². The number of hydrogen-bond acceptors (Lipinski definition) is 5. The van der Waals surface area contributed by atoms with Crippen molar-refractivity contribution in [2.24, 2.45) is 0 Å². The van der Waals surface area contributed by atoms with Crippen LogP contribution in [0.2, 0.25) is 0 Å². The molecule has 0 bridgehead atoms. The highest BCUT2D eigenvalue weighted by Crippen LogP contribution is 2.52. The number of benzene rings is 8. The van der Waals surface area contributed by atoms with Gasteiger partial charge in [-0.05, 0) is 76.5 Å². The highest BCUT2D eigenvalue weighted by atomic mass is 16.5. The summed E-state index contributed by atoms with van der Waals surface area (Å²) in [6.45, 7) is -0.0626. The summed E-state index contributed by atoms with van der Waals surface area (Å²) in [5.41, 5.74) is 15.0. The highest BCUT2D eigenvalue weighted by Gasteiger charge is 2.48. The molecule has 0 saturated heterocycles. The first-order valence-electron chi connectivity index (χ1n) is 18.8. The number of anilines is 7. The molecule has 55 heavy (non-hydrogen) atoms. The maximum absolute atomic E-state index is 7.09. The van der Waals surface area contributed by atoms with Crippen LogP contribution in [0.15, 0.2) is 188 Å². The second-order valence-corrected chi connectivity index (χ2v) is 14.5. The minimum atomic E-state index is -0.0598. The summed E-state index contributed by atoms with van der Waals surface area (Å²) >= 11 is 0. The van der Waals surface area contributed by atoms with Crippen LogP contribution in [0, 0.1) is 0 Å². The molecule has 0 spiro atoms. The molecular weight excluding hydrogens is 672 g/mol. The van der Waals surface area contributed by atoms with E-state index >= 15 is 0 Å². The quantitative estimate of drug-likeness (QED) is 0.171. The first kappa shape index (κ1) is 30.4. The van der Waals surface area contributed by atoms with Crippen LogP contribution in [-0.4, -0.2) is 13.7 Å². The Balaban J connectivity index is 1.02. The number of para-hydroxylation sites is 7. The molecule has 256 valence electrons. The van der Waals surface area contributed by atoms with Crippen LogP contribution < -0.4 is 45.8 Å². The Bertz CT molecular complexity index is 2800. The predicted octanol–water partition coefficient (Wildman–Crippen LogP) is 9.55. The van der Waals surface area contributed by atoms with E-state index in [-0.39, 0.29) is 13.7 Å². The Morgan fingerprint density at radius 2 is 0.855 bits per heavy atom. The Kier molecular flexibility index (Phi) is 6.46. The van der Waals surface area contributed by atoms with Gasteiger partial charge in [0.2, 0.25) is 0 Å². The first-order chi connectivity index (χ1) is 27.3. The van der Waals surface area contributed by atoms with Gasteiger partial charge in [-0.2, -0.15) is 0 Å². The van der Waals surface area contributed by atoms with Crippen LogP contribution in [0.1, 0.15) is 0 Å². The van der Waals surface area contributed by atoms with Crippen LogP contribution in [0.5, 0.6) is 23.0 Å². The third-order valence-corrected chi connectivity index (χ3v) is 11.5. The second kappa shape index (κ2) is 11.7. The Morgan fingerprint density at radius 3 is 1.56 bits per heavy atom. The van der Waals surface area contributed by atoms with Crippen LogP contribution in [0.25, 0.3) is 11.1 Å². The van der Waals surface area contributed by atoms with Crippen molar-refractivity contribution in [2.45, 2.75) is 0 Å². The maximum Gasteiger partial charge on any atom is 0.421 e. The summed E-state index contributed by atoms with van der Waals surface area (Å²) in [6.07, 6.45) is 0. The third kappa shape index (κ3) is 4.44. The van der Waals surface area contributed by atoms with Crippen molar-refractivity contribution >= 4 is 75.4 Å². The van der Waals surface area contributed by atoms with Gasteiger partial charge in [0.25, 0.3) is 6.71 Å². The van der Waals surface area contributed by atoms with Gasteiger partial charge in [-0.25, -0.2) is 0 Å². The van der Waals surface area contributed by atoms with Crippen molar-refractivity contribution < 1.29 is 9.47 Å². The van der Waals surface area contributed by atoms with E-state index in [0.717, 1.165) is 56.7 Å². The van der Waals surface area contributed by atoms with E-state index in [9.17, 15) is 0 Å².